The molecule has 9 nitrogen and oxygen atoms in total. The SMILES string of the molecule is CCOc1c(F)cc(N)cc1-c1nc2c3c(nc(C(=O)NC)c(C)c3c1F)N1CC3(C)CCC(N3)C1C(C)O2. The number of nitrogens with one attached hydrogen (secondary N) is 2. The van der Waals surface area contributed by atoms with Gasteiger partial charge in [-0.1, -0.05) is 0 Å². The zero-order chi connectivity index (χ0) is 27.8. The molecule has 0 saturated carbocycles. The Morgan fingerprint density at radius 2 is 2.10 bits per heavy atom. The molecule has 0 spiro atoms. The summed E-state index contributed by atoms with van der Waals surface area (Å²) in [5.74, 6) is -1.42. The molecule has 2 bridgehead atoms. The minimum Gasteiger partial charge on any atom is -0.490 e. The average molecular weight is 539 g/mol. The van der Waals surface area contributed by atoms with Gasteiger partial charge < -0.3 is 30.7 Å². The normalized spacial score (nSPS) is 25.2. The number of hydrogen-bond donors (Lipinski definition) is 3. The number of anilines is 2. The van der Waals surface area contributed by atoms with Crippen molar-refractivity contribution in [1.82, 2.24) is 20.6 Å². The minimum absolute atomic E-state index is 0.0655. The zero-order valence-corrected chi connectivity index (χ0v) is 22.6. The molecule has 39 heavy (non-hydrogen) atoms. The topological polar surface area (TPSA) is 115 Å². The van der Waals surface area contributed by atoms with E-state index in [1.54, 1.807) is 13.8 Å². The maximum absolute atomic E-state index is 16.7. The van der Waals surface area contributed by atoms with Gasteiger partial charge in [0.05, 0.1) is 23.6 Å². The van der Waals surface area contributed by atoms with E-state index in [0.717, 1.165) is 18.9 Å². The average Bonchev–Trinajstić information content (AvgIpc) is 3.14. The number of carbonyl (C=O) groups is 1. The number of fused-ring (bicyclic) bond motifs is 5. The van der Waals surface area contributed by atoms with Gasteiger partial charge in [-0.3, -0.25) is 4.79 Å². The molecule has 0 aliphatic carbocycles. The Hall–Kier alpha value is -3.73. The van der Waals surface area contributed by atoms with Crippen LogP contribution in [0.5, 0.6) is 11.6 Å². The van der Waals surface area contributed by atoms with Crippen molar-refractivity contribution in [3.05, 3.63) is 35.0 Å². The van der Waals surface area contributed by atoms with Crippen molar-refractivity contribution in [3.63, 3.8) is 0 Å². The van der Waals surface area contributed by atoms with Gasteiger partial charge in [-0.15, -0.1) is 0 Å². The van der Waals surface area contributed by atoms with Crippen LogP contribution in [0.2, 0.25) is 0 Å². The Labute approximate surface area is 225 Å². The van der Waals surface area contributed by atoms with Crippen molar-refractivity contribution in [3.8, 4) is 22.9 Å². The zero-order valence-electron chi connectivity index (χ0n) is 22.6. The number of benzene rings is 1. The van der Waals surface area contributed by atoms with E-state index < -0.39 is 17.5 Å². The predicted molar refractivity (Wildman–Crippen MR) is 144 cm³/mol. The van der Waals surface area contributed by atoms with Gasteiger partial charge >= 0.3 is 0 Å². The highest BCUT2D eigenvalue weighted by Gasteiger charge is 2.51. The number of nitrogens with two attached hydrogens (primary N) is 1. The van der Waals surface area contributed by atoms with E-state index in [-0.39, 0.29) is 70.0 Å². The summed E-state index contributed by atoms with van der Waals surface area (Å²) in [6.07, 6.45) is 1.58. The molecule has 3 aromatic rings. The molecule has 3 aliphatic heterocycles. The number of ether oxygens (including phenoxy) is 2. The summed E-state index contributed by atoms with van der Waals surface area (Å²) in [4.78, 5) is 24.6. The van der Waals surface area contributed by atoms with Crippen LogP contribution in [0.15, 0.2) is 12.1 Å². The van der Waals surface area contributed by atoms with Crippen molar-refractivity contribution >= 4 is 28.2 Å². The number of aryl methyl sites for hydroxylation is 1. The van der Waals surface area contributed by atoms with Gasteiger partial charge in [-0.25, -0.2) is 18.7 Å². The second-order valence-electron chi connectivity index (χ2n) is 10.9. The second kappa shape index (κ2) is 8.90. The predicted octanol–water partition coefficient (Wildman–Crippen LogP) is 3.70. The van der Waals surface area contributed by atoms with Crippen LogP contribution in [-0.2, 0) is 0 Å². The maximum Gasteiger partial charge on any atom is 0.270 e. The van der Waals surface area contributed by atoms with Crippen LogP contribution in [0.3, 0.4) is 0 Å². The number of pyridine rings is 2. The molecule has 5 heterocycles. The van der Waals surface area contributed by atoms with E-state index in [9.17, 15) is 9.18 Å². The Morgan fingerprint density at radius 1 is 1.33 bits per heavy atom. The Bertz CT molecular complexity index is 1530. The highest BCUT2D eigenvalue weighted by atomic mass is 19.1. The number of nitrogens with zero attached hydrogens (tertiary/aromatic N) is 3. The van der Waals surface area contributed by atoms with E-state index in [1.165, 1.54) is 13.1 Å². The molecule has 3 aliphatic rings. The monoisotopic (exact) mass is 538 g/mol. The Kier molecular flexibility index (Phi) is 5.83. The van der Waals surface area contributed by atoms with Crippen LogP contribution < -0.4 is 30.7 Å². The summed E-state index contributed by atoms with van der Waals surface area (Å²) < 4.78 is 43.7. The lowest BCUT2D eigenvalue weighted by Crippen LogP contribution is -2.66. The first-order valence-corrected chi connectivity index (χ1v) is 13.3. The van der Waals surface area contributed by atoms with Crippen molar-refractivity contribution in [2.45, 2.75) is 64.3 Å². The molecule has 2 aromatic heterocycles. The van der Waals surface area contributed by atoms with E-state index in [2.05, 4.69) is 27.4 Å². The Morgan fingerprint density at radius 3 is 2.82 bits per heavy atom. The lowest BCUT2D eigenvalue weighted by atomic mass is 9.95. The van der Waals surface area contributed by atoms with Gasteiger partial charge in [-0.2, -0.15) is 0 Å². The second-order valence-corrected chi connectivity index (χ2v) is 10.9. The van der Waals surface area contributed by atoms with E-state index in [1.807, 2.05) is 6.92 Å². The number of nitrogen functional groups attached to an aromatic ring is 1. The standard InChI is InChI=1S/C28H32F2N6O3/c1-6-38-24-15(9-14(31)10-16(24)29)22-20(30)18-12(2)21(26(37)32-5)33-25-19(18)27(34-22)39-13(3)23-17-7-8-28(4,35-17)11-36(23)25/h9-10,13,17,23,35H,6-8,11,31H2,1-5H3,(H,32,37). The van der Waals surface area contributed by atoms with Crippen LogP contribution in [0.4, 0.5) is 20.3 Å². The number of amides is 1. The van der Waals surface area contributed by atoms with E-state index in [4.69, 9.17) is 20.2 Å². The van der Waals surface area contributed by atoms with Crippen molar-refractivity contribution in [2.75, 3.05) is 30.8 Å². The summed E-state index contributed by atoms with van der Waals surface area (Å²) in [6, 6.07) is 2.55. The quantitative estimate of drug-likeness (QED) is 0.431. The molecule has 4 atom stereocenters. The first-order chi connectivity index (χ1) is 18.6. The van der Waals surface area contributed by atoms with Crippen molar-refractivity contribution < 1.29 is 23.0 Å². The number of halogens is 2. The molecule has 4 N–H and O–H groups in total. The fraction of sp³-hybridized carbons (Fsp3) is 0.464. The van der Waals surface area contributed by atoms with Crippen LogP contribution >= 0.6 is 0 Å². The third-order valence-electron chi connectivity index (χ3n) is 8.21. The molecule has 6 rings (SSSR count). The number of hydrogen-bond acceptors (Lipinski definition) is 8. The highest BCUT2D eigenvalue weighted by molar-refractivity contribution is 6.07. The summed E-state index contributed by atoms with van der Waals surface area (Å²) in [5, 5.41) is 6.89. The van der Waals surface area contributed by atoms with Gasteiger partial charge in [0.15, 0.2) is 17.4 Å². The van der Waals surface area contributed by atoms with Gasteiger partial charge in [0, 0.05) is 42.3 Å². The summed E-state index contributed by atoms with van der Waals surface area (Å²) >= 11 is 0. The largest absolute Gasteiger partial charge is 0.490 e. The van der Waals surface area contributed by atoms with E-state index in [0.29, 0.717) is 23.3 Å². The lowest BCUT2D eigenvalue weighted by molar-refractivity contribution is 0.0957. The van der Waals surface area contributed by atoms with Crippen molar-refractivity contribution in [2.24, 2.45) is 0 Å². The molecule has 2 saturated heterocycles. The third kappa shape index (κ3) is 3.77. The molecule has 11 heteroatoms. The smallest absolute Gasteiger partial charge is 0.270 e. The minimum atomic E-state index is -0.731. The van der Waals surface area contributed by atoms with Crippen LogP contribution in [0.25, 0.3) is 22.0 Å². The molecule has 2 fully saturated rings. The molecular formula is C28H32F2N6O3. The van der Waals surface area contributed by atoms with Gasteiger partial charge in [0.2, 0.25) is 5.88 Å². The molecule has 206 valence electrons. The first kappa shape index (κ1) is 25.5. The lowest BCUT2D eigenvalue weighted by Gasteiger charge is -2.46. The van der Waals surface area contributed by atoms with Gasteiger partial charge in [0.25, 0.3) is 5.91 Å². The molecule has 4 unspecified atom stereocenters. The fourth-order valence-corrected chi connectivity index (χ4v) is 6.55. The van der Waals surface area contributed by atoms with Gasteiger partial charge in [0.1, 0.15) is 23.3 Å². The Balaban J connectivity index is 1.70. The summed E-state index contributed by atoms with van der Waals surface area (Å²) in [6.45, 7) is 8.24. The highest BCUT2D eigenvalue weighted by Crippen LogP contribution is 2.48. The van der Waals surface area contributed by atoms with Crippen molar-refractivity contribution in [1.29, 1.82) is 0 Å². The van der Waals surface area contributed by atoms with Gasteiger partial charge in [-0.05, 0) is 52.2 Å². The maximum atomic E-state index is 16.7. The van der Waals surface area contributed by atoms with E-state index >= 15 is 4.39 Å². The van der Waals surface area contributed by atoms with Crippen LogP contribution in [-0.4, -0.2) is 59.8 Å². The number of aromatic nitrogens is 2. The molecule has 0 radical (unpaired) electrons. The summed E-state index contributed by atoms with van der Waals surface area (Å²) in [5.41, 5.74) is 6.23. The summed E-state index contributed by atoms with van der Waals surface area (Å²) in [7, 11) is 1.51. The fourth-order valence-electron chi connectivity index (χ4n) is 6.55. The first-order valence-electron chi connectivity index (χ1n) is 13.3. The third-order valence-corrected chi connectivity index (χ3v) is 8.21. The molecular weight excluding hydrogens is 506 g/mol. The number of carbonyl (C=O) groups excluding carboxylic acids is 1. The number of piperazine rings is 1. The van der Waals surface area contributed by atoms with Crippen LogP contribution in [0, 0.1) is 18.6 Å². The van der Waals surface area contributed by atoms with Crippen LogP contribution in [0.1, 0.15) is 49.7 Å². The molecule has 1 aromatic carbocycles. The number of rotatable bonds is 4. The molecule has 1 amide bonds.